The molecule has 1 fully saturated rings. The Bertz CT molecular complexity index is 1070. The molecule has 8 nitrogen and oxygen atoms in total. The monoisotopic (exact) mass is 478 g/mol. The summed E-state index contributed by atoms with van der Waals surface area (Å²) >= 11 is 0. The van der Waals surface area contributed by atoms with Gasteiger partial charge in [-0.15, -0.1) is 0 Å². The minimum atomic E-state index is -0.558. The molecular weight excluding hydrogens is 444 g/mol. The predicted octanol–water partition coefficient (Wildman–Crippen LogP) is 3.39. The van der Waals surface area contributed by atoms with Crippen molar-refractivity contribution in [2.75, 3.05) is 50.8 Å². The summed E-state index contributed by atoms with van der Waals surface area (Å²) in [6, 6.07) is 15.1. The predicted molar refractivity (Wildman–Crippen MR) is 136 cm³/mol. The van der Waals surface area contributed by atoms with Crippen molar-refractivity contribution in [3.63, 3.8) is 0 Å². The van der Waals surface area contributed by atoms with Gasteiger partial charge in [0, 0.05) is 38.4 Å². The first kappa shape index (κ1) is 24.6. The number of anilines is 1. The minimum absolute atomic E-state index is 0.266. The molecule has 0 aromatic heterocycles. The van der Waals surface area contributed by atoms with Crippen LogP contribution in [0, 0.1) is 6.92 Å². The number of para-hydroxylation sites is 2. The molecule has 2 heterocycles. The van der Waals surface area contributed by atoms with E-state index in [0.29, 0.717) is 24.4 Å². The van der Waals surface area contributed by atoms with Crippen molar-refractivity contribution in [2.24, 2.45) is 0 Å². The number of urea groups is 1. The fourth-order valence-corrected chi connectivity index (χ4v) is 4.57. The van der Waals surface area contributed by atoms with E-state index in [1.165, 1.54) is 0 Å². The van der Waals surface area contributed by atoms with Gasteiger partial charge in [-0.05, 0) is 38.5 Å². The number of rotatable bonds is 8. The molecule has 35 heavy (non-hydrogen) atoms. The average molecular weight is 479 g/mol. The van der Waals surface area contributed by atoms with Crippen LogP contribution in [-0.2, 0) is 9.53 Å². The number of piperazine rings is 1. The molecule has 8 heteroatoms. The van der Waals surface area contributed by atoms with E-state index in [9.17, 15) is 9.59 Å². The van der Waals surface area contributed by atoms with Crippen LogP contribution in [0.15, 0.2) is 59.8 Å². The lowest BCUT2D eigenvalue weighted by Crippen LogP contribution is -2.51. The van der Waals surface area contributed by atoms with E-state index >= 15 is 0 Å². The summed E-state index contributed by atoms with van der Waals surface area (Å²) in [6.45, 7) is 10.3. The van der Waals surface area contributed by atoms with Gasteiger partial charge in [0.1, 0.15) is 5.75 Å². The zero-order valence-corrected chi connectivity index (χ0v) is 20.7. The van der Waals surface area contributed by atoms with E-state index in [1.54, 1.807) is 6.92 Å². The molecule has 0 saturated carbocycles. The quantitative estimate of drug-likeness (QED) is 0.566. The maximum absolute atomic E-state index is 13.0. The molecule has 0 spiro atoms. The second kappa shape index (κ2) is 11.3. The summed E-state index contributed by atoms with van der Waals surface area (Å²) in [5, 5.41) is 5.79. The van der Waals surface area contributed by atoms with Gasteiger partial charge in [-0.1, -0.05) is 42.0 Å². The van der Waals surface area contributed by atoms with Crippen LogP contribution < -0.4 is 20.3 Å². The second-order valence-electron chi connectivity index (χ2n) is 8.72. The Morgan fingerprint density at radius 3 is 2.40 bits per heavy atom. The second-order valence-corrected chi connectivity index (χ2v) is 8.72. The molecule has 2 aliphatic rings. The zero-order chi connectivity index (χ0) is 24.8. The highest BCUT2D eigenvalue weighted by molar-refractivity contribution is 5.95. The van der Waals surface area contributed by atoms with Crippen LogP contribution in [0.1, 0.15) is 31.0 Å². The summed E-state index contributed by atoms with van der Waals surface area (Å²) in [5.41, 5.74) is 4.11. The first-order valence-electron chi connectivity index (χ1n) is 12.2. The first-order chi connectivity index (χ1) is 17.0. The standard InChI is InChI=1S/C27H34N4O4/c1-4-34-23-9-7-6-8-22(23)31-16-14-30(15-17-31)18-21-24(26(32)35-5-2)25(29-27(33)28-21)20-12-10-19(3)11-13-20/h6-13,25H,4-5,14-18H2,1-3H3,(H2,28,29,33)/t25-/m1/s1. The largest absolute Gasteiger partial charge is 0.492 e. The molecule has 1 atom stereocenters. The van der Waals surface area contributed by atoms with E-state index in [4.69, 9.17) is 9.47 Å². The highest BCUT2D eigenvalue weighted by Gasteiger charge is 2.34. The summed E-state index contributed by atoms with van der Waals surface area (Å²) in [6.07, 6.45) is 0. The van der Waals surface area contributed by atoms with E-state index in [-0.39, 0.29) is 12.6 Å². The highest BCUT2D eigenvalue weighted by atomic mass is 16.5. The first-order valence-corrected chi connectivity index (χ1v) is 12.2. The van der Waals surface area contributed by atoms with Gasteiger partial charge in [-0.3, -0.25) is 4.90 Å². The Balaban J connectivity index is 1.54. The smallest absolute Gasteiger partial charge is 0.338 e. The molecule has 2 N–H and O–H groups in total. The van der Waals surface area contributed by atoms with E-state index in [0.717, 1.165) is 48.7 Å². The summed E-state index contributed by atoms with van der Waals surface area (Å²) < 4.78 is 11.2. The lowest BCUT2D eigenvalue weighted by Gasteiger charge is -2.38. The highest BCUT2D eigenvalue weighted by Crippen LogP contribution is 2.30. The van der Waals surface area contributed by atoms with Gasteiger partial charge in [-0.25, -0.2) is 9.59 Å². The third kappa shape index (κ3) is 5.77. The number of ether oxygens (including phenoxy) is 2. The Hall–Kier alpha value is -3.52. The maximum Gasteiger partial charge on any atom is 0.338 e. The van der Waals surface area contributed by atoms with E-state index in [1.807, 2.05) is 56.3 Å². The van der Waals surface area contributed by atoms with Gasteiger partial charge in [0.2, 0.25) is 0 Å². The van der Waals surface area contributed by atoms with Crippen LogP contribution in [0.3, 0.4) is 0 Å². The Morgan fingerprint density at radius 1 is 1.00 bits per heavy atom. The van der Waals surface area contributed by atoms with Crippen LogP contribution in [-0.4, -0.2) is 62.8 Å². The Kier molecular flexibility index (Phi) is 7.92. The van der Waals surface area contributed by atoms with Crippen LogP contribution in [0.25, 0.3) is 0 Å². The number of benzene rings is 2. The Morgan fingerprint density at radius 2 is 1.71 bits per heavy atom. The fraction of sp³-hybridized carbons (Fsp3) is 0.407. The number of amides is 2. The third-order valence-electron chi connectivity index (χ3n) is 6.32. The van der Waals surface area contributed by atoms with Gasteiger partial charge < -0.3 is 25.0 Å². The summed E-state index contributed by atoms with van der Waals surface area (Å²) in [7, 11) is 0. The molecule has 4 rings (SSSR count). The summed E-state index contributed by atoms with van der Waals surface area (Å²) in [5.74, 6) is 0.479. The van der Waals surface area contributed by atoms with Gasteiger partial charge in [0.05, 0.1) is 30.5 Å². The number of nitrogens with one attached hydrogen (secondary N) is 2. The van der Waals surface area contributed by atoms with Crippen LogP contribution in [0.5, 0.6) is 5.75 Å². The maximum atomic E-state index is 13.0. The normalized spacial score (nSPS) is 18.7. The van der Waals surface area contributed by atoms with Crippen molar-refractivity contribution in [3.05, 3.63) is 70.9 Å². The van der Waals surface area contributed by atoms with Crippen molar-refractivity contribution < 1.29 is 19.1 Å². The van der Waals surface area contributed by atoms with Gasteiger partial charge in [0.15, 0.2) is 0 Å². The number of aryl methyl sites for hydroxylation is 1. The van der Waals surface area contributed by atoms with Crippen molar-refractivity contribution in [2.45, 2.75) is 26.8 Å². The molecule has 186 valence electrons. The molecule has 1 saturated heterocycles. The number of esters is 1. The molecule has 2 amide bonds. The van der Waals surface area contributed by atoms with Crippen molar-refractivity contribution >= 4 is 17.7 Å². The van der Waals surface area contributed by atoms with Crippen LogP contribution >= 0.6 is 0 Å². The SMILES string of the molecule is CCOC(=O)C1=C(CN2CCN(c3ccccc3OCC)CC2)NC(=O)N[C@@H]1c1ccc(C)cc1. The zero-order valence-electron chi connectivity index (χ0n) is 20.7. The van der Waals surface area contributed by atoms with Crippen LogP contribution in [0.4, 0.5) is 10.5 Å². The van der Waals surface area contributed by atoms with Gasteiger partial charge >= 0.3 is 12.0 Å². The van der Waals surface area contributed by atoms with E-state index < -0.39 is 12.0 Å². The van der Waals surface area contributed by atoms with Crippen molar-refractivity contribution in [1.82, 2.24) is 15.5 Å². The molecule has 2 aliphatic heterocycles. The molecule has 0 bridgehead atoms. The Labute approximate surface area is 206 Å². The third-order valence-corrected chi connectivity index (χ3v) is 6.32. The fourth-order valence-electron chi connectivity index (χ4n) is 4.57. The minimum Gasteiger partial charge on any atom is -0.492 e. The van der Waals surface area contributed by atoms with E-state index in [2.05, 4.69) is 26.5 Å². The topological polar surface area (TPSA) is 83.1 Å². The van der Waals surface area contributed by atoms with Crippen LogP contribution in [0.2, 0.25) is 0 Å². The lowest BCUT2D eigenvalue weighted by molar-refractivity contribution is -0.139. The molecule has 2 aromatic carbocycles. The molecule has 0 aliphatic carbocycles. The molecule has 0 radical (unpaired) electrons. The molecular formula is C27H34N4O4. The summed E-state index contributed by atoms with van der Waals surface area (Å²) in [4.78, 5) is 30.2. The number of nitrogens with zero attached hydrogens (tertiary/aromatic N) is 2. The molecule has 0 unspecified atom stereocenters. The number of carbonyl (C=O) groups is 2. The van der Waals surface area contributed by atoms with Crippen molar-refractivity contribution in [3.8, 4) is 5.75 Å². The number of carbonyl (C=O) groups excluding carboxylic acids is 2. The van der Waals surface area contributed by atoms with Crippen molar-refractivity contribution in [1.29, 1.82) is 0 Å². The van der Waals surface area contributed by atoms with Gasteiger partial charge in [-0.2, -0.15) is 0 Å². The number of hydrogen-bond donors (Lipinski definition) is 2. The number of hydrogen-bond acceptors (Lipinski definition) is 6. The molecule has 2 aromatic rings. The average Bonchev–Trinajstić information content (AvgIpc) is 2.85. The lowest BCUT2D eigenvalue weighted by atomic mass is 9.94. The van der Waals surface area contributed by atoms with Gasteiger partial charge in [0.25, 0.3) is 0 Å².